The van der Waals surface area contributed by atoms with Gasteiger partial charge in [0, 0.05) is 0 Å². The standard InChI is InChI=1S/2C3H8N.Hf/c2*1-2-3-4;/h2*4H,2-3H2,1H3;/q2*-1;+2. The second kappa shape index (κ2) is 8.79. The summed E-state index contributed by atoms with van der Waals surface area (Å²) in [5.74, 6) is 0. The summed E-state index contributed by atoms with van der Waals surface area (Å²) < 4.78 is 6.91. The number of nitrogens with one attached hydrogen (secondary N) is 2. The molecule has 54 valence electrons. The molecule has 0 aromatic rings. The van der Waals surface area contributed by atoms with E-state index in [-0.39, 0.29) is 0 Å². The Balaban J connectivity index is 2.60. The zero-order valence-corrected chi connectivity index (χ0v) is 9.92. The van der Waals surface area contributed by atoms with Crippen molar-refractivity contribution in [2.75, 3.05) is 13.1 Å². The Morgan fingerprint density at radius 2 is 1.44 bits per heavy atom. The van der Waals surface area contributed by atoms with Gasteiger partial charge >= 0.3 is 69.9 Å². The SMILES string of the molecule is CCC[NH][Hf][NH]CCC. The summed E-state index contributed by atoms with van der Waals surface area (Å²) in [6.07, 6.45) is 2.53. The summed E-state index contributed by atoms with van der Waals surface area (Å²) in [6.45, 7) is 6.83. The molecule has 0 unspecified atom stereocenters. The van der Waals surface area contributed by atoms with Crippen molar-refractivity contribution in [3.63, 3.8) is 0 Å². The van der Waals surface area contributed by atoms with E-state index in [0.29, 0.717) is 0 Å². The van der Waals surface area contributed by atoms with Gasteiger partial charge in [-0.25, -0.2) is 0 Å². The first-order valence-electron chi connectivity index (χ1n) is 3.62. The van der Waals surface area contributed by atoms with E-state index in [1.54, 1.807) is 0 Å². The van der Waals surface area contributed by atoms with Crippen molar-refractivity contribution in [1.82, 2.24) is 6.61 Å². The molecule has 0 aliphatic rings. The van der Waals surface area contributed by atoms with E-state index in [2.05, 4.69) is 20.5 Å². The minimum absolute atomic E-state index is 0.539. The van der Waals surface area contributed by atoms with E-state index in [4.69, 9.17) is 0 Å². The van der Waals surface area contributed by atoms with Crippen molar-refractivity contribution in [2.24, 2.45) is 0 Å². The van der Waals surface area contributed by atoms with Crippen LogP contribution in [-0.4, -0.2) is 13.1 Å². The molecule has 0 radical (unpaired) electrons. The fraction of sp³-hybridized carbons (Fsp3) is 1.00. The topological polar surface area (TPSA) is 24.1 Å². The van der Waals surface area contributed by atoms with Gasteiger partial charge in [-0.3, -0.25) is 0 Å². The second-order valence-corrected chi connectivity index (χ2v) is 5.42. The minimum atomic E-state index is -0.539. The summed E-state index contributed by atoms with van der Waals surface area (Å²) in [5, 5.41) is 0. The molecule has 3 heteroatoms. The van der Waals surface area contributed by atoms with Crippen molar-refractivity contribution in [3.05, 3.63) is 0 Å². The molecule has 0 heterocycles. The van der Waals surface area contributed by atoms with Gasteiger partial charge < -0.3 is 0 Å². The first-order chi connectivity index (χ1) is 4.41. The number of rotatable bonds is 6. The molecule has 0 saturated carbocycles. The van der Waals surface area contributed by atoms with Crippen LogP contribution in [0.3, 0.4) is 0 Å². The number of hydrogen-bond donors (Lipinski definition) is 2. The molecule has 0 atom stereocenters. The van der Waals surface area contributed by atoms with E-state index in [1.807, 2.05) is 0 Å². The van der Waals surface area contributed by atoms with Gasteiger partial charge in [-0.05, 0) is 0 Å². The molecule has 0 aliphatic carbocycles. The molecular weight excluding hydrogens is 279 g/mol. The summed E-state index contributed by atoms with van der Waals surface area (Å²) in [5.41, 5.74) is 0. The van der Waals surface area contributed by atoms with Crippen molar-refractivity contribution < 1.29 is 23.5 Å². The molecule has 0 aliphatic heterocycles. The van der Waals surface area contributed by atoms with Crippen LogP contribution < -0.4 is 6.61 Å². The van der Waals surface area contributed by atoms with Crippen LogP contribution >= 0.6 is 0 Å². The fourth-order valence-corrected chi connectivity index (χ4v) is 3.58. The molecule has 2 N–H and O–H groups in total. The molecule has 0 spiro atoms. The predicted octanol–water partition coefficient (Wildman–Crippen LogP) is 0.898. The van der Waals surface area contributed by atoms with Gasteiger partial charge in [-0.15, -0.1) is 0 Å². The Labute approximate surface area is 69.9 Å². The molecule has 0 amide bonds. The maximum absolute atomic E-state index is 3.45. The monoisotopic (exact) mass is 296 g/mol. The van der Waals surface area contributed by atoms with Gasteiger partial charge in [-0.1, -0.05) is 0 Å². The summed E-state index contributed by atoms with van der Waals surface area (Å²) in [4.78, 5) is 0. The first-order valence-corrected chi connectivity index (χ1v) is 7.21. The normalized spacial score (nSPS) is 9.56. The molecular formula is C6H16HfN2. The van der Waals surface area contributed by atoms with Crippen LogP contribution in [0.2, 0.25) is 0 Å². The van der Waals surface area contributed by atoms with Crippen molar-refractivity contribution in [3.8, 4) is 0 Å². The van der Waals surface area contributed by atoms with Crippen molar-refractivity contribution in [1.29, 1.82) is 0 Å². The third kappa shape index (κ3) is 8.79. The van der Waals surface area contributed by atoms with E-state index < -0.39 is 23.5 Å². The Kier molecular flexibility index (Phi) is 9.56. The van der Waals surface area contributed by atoms with Crippen LogP contribution in [0.5, 0.6) is 0 Å². The second-order valence-electron chi connectivity index (χ2n) is 1.98. The van der Waals surface area contributed by atoms with E-state index in [1.165, 1.54) is 25.9 Å². The zero-order chi connectivity index (χ0) is 6.95. The van der Waals surface area contributed by atoms with Gasteiger partial charge in [0.1, 0.15) is 0 Å². The molecule has 0 aromatic heterocycles. The Bertz CT molecular complexity index is 44.3. The van der Waals surface area contributed by atoms with Crippen molar-refractivity contribution in [2.45, 2.75) is 26.7 Å². The van der Waals surface area contributed by atoms with E-state index >= 15 is 0 Å². The van der Waals surface area contributed by atoms with Gasteiger partial charge in [0.25, 0.3) is 0 Å². The van der Waals surface area contributed by atoms with E-state index in [9.17, 15) is 0 Å². The molecule has 0 aromatic carbocycles. The van der Waals surface area contributed by atoms with Gasteiger partial charge in [-0.2, -0.15) is 0 Å². The summed E-state index contributed by atoms with van der Waals surface area (Å²) in [7, 11) is 0. The quantitative estimate of drug-likeness (QED) is 0.562. The first kappa shape index (κ1) is 9.79. The Morgan fingerprint density at radius 1 is 1.00 bits per heavy atom. The average Bonchev–Trinajstić information content (AvgIpc) is 1.89. The van der Waals surface area contributed by atoms with Gasteiger partial charge in [0.2, 0.25) is 0 Å². The third-order valence-corrected chi connectivity index (χ3v) is 3.99. The van der Waals surface area contributed by atoms with Crippen LogP contribution in [-0.2, 0) is 23.5 Å². The van der Waals surface area contributed by atoms with Crippen LogP contribution in [0, 0.1) is 0 Å². The maximum atomic E-state index is 3.45. The van der Waals surface area contributed by atoms with Crippen LogP contribution in [0.1, 0.15) is 26.7 Å². The van der Waals surface area contributed by atoms with Gasteiger partial charge in [0.15, 0.2) is 0 Å². The fourth-order valence-electron chi connectivity index (χ4n) is 0.437. The van der Waals surface area contributed by atoms with Crippen LogP contribution in [0.15, 0.2) is 0 Å². The molecule has 0 fully saturated rings. The Hall–Kier alpha value is 0.790. The third-order valence-electron chi connectivity index (χ3n) is 0.927. The zero-order valence-electron chi connectivity index (χ0n) is 6.33. The number of hydrogen-bond acceptors (Lipinski definition) is 2. The molecule has 0 saturated heterocycles. The molecule has 9 heavy (non-hydrogen) atoms. The molecule has 0 rings (SSSR count). The predicted molar refractivity (Wildman–Crippen MR) is 36.6 cm³/mol. The van der Waals surface area contributed by atoms with E-state index in [0.717, 1.165) is 0 Å². The molecule has 0 bridgehead atoms. The molecule has 2 nitrogen and oxygen atoms in total. The van der Waals surface area contributed by atoms with Gasteiger partial charge in [0.05, 0.1) is 0 Å². The van der Waals surface area contributed by atoms with Crippen LogP contribution in [0.4, 0.5) is 0 Å². The van der Waals surface area contributed by atoms with Crippen LogP contribution in [0.25, 0.3) is 0 Å². The summed E-state index contributed by atoms with van der Waals surface area (Å²) in [6, 6.07) is 0. The summed E-state index contributed by atoms with van der Waals surface area (Å²) >= 11 is -0.539. The Morgan fingerprint density at radius 3 is 1.78 bits per heavy atom. The average molecular weight is 295 g/mol. The van der Waals surface area contributed by atoms with Crippen molar-refractivity contribution >= 4 is 0 Å².